The Morgan fingerprint density at radius 2 is 2.08 bits per heavy atom. The van der Waals surface area contributed by atoms with Crippen LogP contribution < -0.4 is 0 Å². The summed E-state index contributed by atoms with van der Waals surface area (Å²) in [5.74, 6) is 3.51. The summed E-state index contributed by atoms with van der Waals surface area (Å²) < 4.78 is 0. The highest BCUT2D eigenvalue weighted by atomic mass is 16.3. The van der Waals surface area contributed by atoms with E-state index in [0.717, 1.165) is 31.3 Å². The number of hydrogen-bond acceptors (Lipinski definition) is 3. The molecule has 0 bridgehead atoms. The predicted octanol–water partition coefficient (Wildman–Crippen LogP) is 3.02. The molecule has 0 spiro atoms. The smallest absolute Gasteiger partial charge is 0.155 e. The van der Waals surface area contributed by atoms with Gasteiger partial charge >= 0.3 is 0 Å². The van der Waals surface area contributed by atoms with Gasteiger partial charge in [-0.25, -0.2) is 0 Å². The normalized spacial score (nSPS) is 51.9. The van der Waals surface area contributed by atoms with Gasteiger partial charge in [0.25, 0.3) is 0 Å². The van der Waals surface area contributed by atoms with Crippen LogP contribution in [0.2, 0.25) is 0 Å². The summed E-state index contributed by atoms with van der Waals surface area (Å²) >= 11 is 0. The Kier molecular flexibility index (Phi) is 3.47. The van der Waals surface area contributed by atoms with Gasteiger partial charge in [-0.15, -0.1) is 6.42 Å². The first-order valence-corrected chi connectivity index (χ1v) is 9.48. The van der Waals surface area contributed by atoms with Crippen molar-refractivity contribution in [3.8, 4) is 12.3 Å². The minimum Gasteiger partial charge on any atom is -0.393 e. The molecule has 0 aromatic rings. The van der Waals surface area contributed by atoms with Gasteiger partial charge in [-0.1, -0.05) is 31.9 Å². The monoisotopic (exact) mass is 340 g/mol. The van der Waals surface area contributed by atoms with Gasteiger partial charge in [-0.2, -0.15) is 0 Å². The van der Waals surface area contributed by atoms with Crippen LogP contribution in [0.15, 0.2) is 23.8 Å². The van der Waals surface area contributed by atoms with Crippen molar-refractivity contribution in [1.29, 1.82) is 0 Å². The number of aliphatic hydroxyl groups excluding tert-OH is 1. The first kappa shape index (κ1) is 17.1. The van der Waals surface area contributed by atoms with Crippen LogP contribution in [0, 0.1) is 40.9 Å². The molecule has 2 N–H and O–H groups in total. The van der Waals surface area contributed by atoms with Crippen LogP contribution in [0.5, 0.6) is 0 Å². The molecule has 0 aliphatic heterocycles. The van der Waals surface area contributed by atoms with Crippen molar-refractivity contribution in [2.75, 3.05) is 0 Å². The van der Waals surface area contributed by atoms with Crippen LogP contribution in [-0.4, -0.2) is 27.7 Å². The number of aliphatic hydroxyl groups is 2. The third-order valence-electron chi connectivity index (χ3n) is 8.30. The maximum absolute atomic E-state index is 11.9. The second-order valence-electron chi connectivity index (χ2n) is 9.24. The second kappa shape index (κ2) is 5.09. The molecule has 4 aliphatic carbocycles. The number of allylic oxidation sites excluding steroid dienone is 1. The van der Waals surface area contributed by atoms with Crippen LogP contribution in [0.4, 0.5) is 0 Å². The lowest BCUT2D eigenvalue weighted by molar-refractivity contribution is -0.153. The number of carbonyl (C=O) groups is 1. The third-order valence-corrected chi connectivity index (χ3v) is 8.30. The molecule has 0 heterocycles. The van der Waals surface area contributed by atoms with Crippen molar-refractivity contribution in [3.63, 3.8) is 0 Å². The number of fused-ring (bicyclic) bond motifs is 5. The van der Waals surface area contributed by atoms with Crippen LogP contribution in [0.3, 0.4) is 0 Å². The van der Waals surface area contributed by atoms with Crippen molar-refractivity contribution in [3.05, 3.63) is 23.8 Å². The molecule has 0 aromatic carbocycles. The van der Waals surface area contributed by atoms with Gasteiger partial charge in [0.1, 0.15) is 0 Å². The largest absolute Gasteiger partial charge is 0.393 e. The lowest BCUT2D eigenvalue weighted by atomic mass is 9.45. The van der Waals surface area contributed by atoms with E-state index in [1.807, 2.05) is 13.0 Å². The minimum atomic E-state index is -1.33. The molecule has 0 saturated heterocycles. The first-order valence-electron chi connectivity index (χ1n) is 9.48. The number of hydrogen-bond donors (Lipinski definition) is 2. The fourth-order valence-corrected chi connectivity index (χ4v) is 6.91. The number of ketones is 1. The van der Waals surface area contributed by atoms with Gasteiger partial charge in [-0.05, 0) is 66.9 Å². The lowest BCUT2D eigenvalue weighted by Crippen LogP contribution is -2.59. The number of rotatable bonds is 0. The molecule has 4 aliphatic rings. The lowest BCUT2D eigenvalue weighted by Gasteiger charge is -2.60. The fourth-order valence-electron chi connectivity index (χ4n) is 6.91. The van der Waals surface area contributed by atoms with Crippen LogP contribution in [0.1, 0.15) is 52.4 Å². The first-order chi connectivity index (χ1) is 11.7. The molecule has 134 valence electrons. The zero-order valence-electron chi connectivity index (χ0n) is 15.2. The molecule has 0 radical (unpaired) electrons. The Morgan fingerprint density at radius 1 is 1.36 bits per heavy atom. The van der Waals surface area contributed by atoms with Gasteiger partial charge < -0.3 is 10.2 Å². The van der Waals surface area contributed by atoms with Crippen molar-refractivity contribution in [2.24, 2.45) is 28.6 Å². The van der Waals surface area contributed by atoms with E-state index in [1.165, 1.54) is 5.57 Å². The highest BCUT2D eigenvalue weighted by Gasteiger charge is 2.67. The average molecular weight is 340 g/mol. The molecule has 3 saturated carbocycles. The van der Waals surface area contributed by atoms with Crippen molar-refractivity contribution in [1.82, 2.24) is 0 Å². The molecular weight excluding hydrogens is 312 g/mol. The summed E-state index contributed by atoms with van der Waals surface area (Å²) in [6, 6.07) is 0. The Hall–Kier alpha value is -1.37. The predicted molar refractivity (Wildman–Crippen MR) is 96.4 cm³/mol. The molecule has 25 heavy (non-hydrogen) atoms. The Balaban J connectivity index is 1.79. The maximum Gasteiger partial charge on any atom is 0.155 e. The minimum absolute atomic E-state index is 0.115. The van der Waals surface area contributed by atoms with Gasteiger partial charge in [0, 0.05) is 11.8 Å². The van der Waals surface area contributed by atoms with E-state index >= 15 is 0 Å². The Bertz CT molecular complexity index is 728. The van der Waals surface area contributed by atoms with E-state index < -0.39 is 17.1 Å². The van der Waals surface area contributed by atoms with Crippen LogP contribution in [-0.2, 0) is 4.79 Å². The molecule has 4 rings (SSSR count). The van der Waals surface area contributed by atoms with E-state index in [2.05, 4.69) is 19.4 Å². The molecule has 3 heteroatoms. The summed E-state index contributed by atoms with van der Waals surface area (Å²) in [4.78, 5) is 11.9. The summed E-state index contributed by atoms with van der Waals surface area (Å²) in [5.41, 5.74) is -0.0298. The van der Waals surface area contributed by atoms with Crippen molar-refractivity contribution < 1.29 is 15.0 Å². The van der Waals surface area contributed by atoms with Crippen molar-refractivity contribution >= 4 is 5.78 Å². The van der Waals surface area contributed by atoms with Gasteiger partial charge in [0.2, 0.25) is 0 Å². The zero-order chi connectivity index (χ0) is 18.2. The quantitative estimate of drug-likeness (QED) is 0.526. The standard InChI is InChI=1S/C22H28O3/c1-5-22(25)13(2)10-17-16-7-6-14-11-15(23)8-9-20(14,3)19(16)18(24)12-21(17,22)4/h1,11,16-19,24-25H,2,6-10,12H2,3-4H3/t16?,17?,18-,19?,20-,21-,22-/m0/s1. The molecule has 3 unspecified atom stereocenters. The topological polar surface area (TPSA) is 57.5 Å². The summed E-state index contributed by atoms with van der Waals surface area (Å²) in [7, 11) is 0. The van der Waals surface area contributed by atoms with Crippen molar-refractivity contribution in [2.45, 2.75) is 64.1 Å². The number of carbonyl (C=O) groups excluding carboxylic acids is 1. The summed E-state index contributed by atoms with van der Waals surface area (Å²) in [5, 5.41) is 22.3. The molecule has 0 amide bonds. The highest BCUT2D eigenvalue weighted by Crippen LogP contribution is 2.68. The van der Waals surface area contributed by atoms with E-state index in [4.69, 9.17) is 6.42 Å². The van der Waals surface area contributed by atoms with Gasteiger partial charge in [0.15, 0.2) is 11.4 Å². The van der Waals surface area contributed by atoms with Gasteiger partial charge in [-0.3, -0.25) is 4.79 Å². The van der Waals surface area contributed by atoms with Gasteiger partial charge in [0.05, 0.1) is 6.10 Å². The SMILES string of the molecule is C#C[C@]1(O)C(=C)CC2C3CCC4=CC(=O)CC[C@]4(C)C3[C@@H](O)C[C@@]21C. The third kappa shape index (κ3) is 1.93. The van der Waals surface area contributed by atoms with E-state index in [9.17, 15) is 15.0 Å². The molecule has 7 atom stereocenters. The average Bonchev–Trinajstić information content (AvgIpc) is 2.76. The Morgan fingerprint density at radius 3 is 2.76 bits per heavy atom. The highest BCUT2D eigenvalue weighted by molar-refractivity contribution is 5.91. The maximum atomic E-state index is 11.9. The zero-order valence-corrected chi connectivity index (χ0v) is 15.2. The Labute approximate surface area is 150 Å². The molecule has 3 fully saturated rings. The van der Waals surface area contributed by atoms with E-state index in [-0.39, 0.29) is 23.0 Å². The van der Waals surface area contributed by atoms with Crippen LogP contribution in [0.25, 0.3) is 0 Å². The summed E-state index contributed by atoms with van der Waals surface area (Å²) in [6.07, 6.45) is 11.5. The number of terminal acetylenes is 1. The van der Waals surface area contributed by atoms with Crippen LogP contribution >= 0.6 is 0 Å². The van der Waals surface area contributed by atoms with E-state index in [0.29, 0.717) is 18.8 Å². The van der Waals surface area contributed by atoms with E-state index in [1.54, 1.807) is 0 Å². The summed E-state index contributed by atoms with van der Waals surface area (Å²) in [6.45, 7) is 8.35. The molecule has 3 nitrogen and oxygen atoms in total. The molecular formula is C22H28O3. The molecule has 0 aromatic heterocycles. The fraction of sp³-hybridized carbons (Fsp3) is 0.682. The second-order valence-corrected chi connectivity index (χ2v) is 9.24.